The Morgan fingerprint density at radius 2 is 0.875 bits per heavy atom. The first-order chi connectivity index (χ1) is 15.0. The molecule has 32 heavy (non-hydrogen) atoms. The standard InChI is InChI=1S/C22H35F6O3P/c23-21(24,25)19(16-10-4-1-5-11-16)30-32(29,18-14-8-3-9-15-18)31-20(22(26,27)28)17-12-6-2-7-13-17/h16-20H,1-15H2. The Labute approximate surface area is 186 Å². The fourth-order valence-electron chi connectivity index (χ4n) is 5.61. The summed E-state index contributed by atoms with van der Waals surface area (Å²) in [6.07, 6.45) is -6.70. The average molecular weight is 492 g/mol. The summed E-state index contributed by atoms with van der Waals surface area (Å²) < 4.78 is 109. The second kappa shape index (κ2) is 11.0. The lowest BCUT2D eigenvalue weighted by molar-refractivity contribution is -0.229. The third-order valence-corrected chi connectivity index (χ3v) is 9.80. The Morgan fingerprint density at radius 3 is 1.19 bits per heavy atom. The number of hydrogen-bond acceptors (Lipinski definition) is 3. The minimum Gasteiger partial charge on any atom is -0.295 e. The first-order valence-corrected chi connectivity index (χ1v) is 13.7. The first-order valence-electron chi connectivity index (χ1n) is 12.1. The molecule has 3 nitrogen and oxygen atoms in total. The van der Waals surface area contributed by atoms with Crippen LogP contribution >= 0.6 is 7.60 Å². The van der Waals surface area contributed by atoms with Gasteiger partial charge in [0.1, 0.15) is 0 Å². The van der Waals surface area contributed by atoms with E-state index in [1.807, 2.05) is 0 Å². The molecule has 0 saturated heterocycles. The molecular weight excluding hydrogens is 457 g/mol. The SMILES string of the molecule is O=P(OC(C1CCCCC1)C(F)(F)F)(OC(C1CCCCC1)C(F)(F)F)C1CCCCC1. The van der Waals surface area contributed by atoms with Crippen molar-refractivity contribution in [2.75, 3.05) is 0 Å². The molecule has 2 unspecified atom stereocenters. The Kier molecular flexibility index (Phi) is 9.04. The highest BCUT2D eigenvalue weighted by molar-refractivity contribution is 7.54. The molecular formula is C22H35F6O3P. The maximum absolute atomic E-state index is 14.0. The van der Waals surface area contributed by atoms with Crippen LogP contribution in [0.3, 0.4) is 0 Å². The molecule has 0 aromatic heterocycles. The average Bonchev–Trinajstić information content (AvgIpc) is 2.76. The van der Waals surface area contributed by atoms with Gasteiger partial charge in [-0.05, 0) is 50.4 Å². The number of halogens is 6. The van der Waals surface area contributed by atoms with Gasteiger partial charge in [0.25, 0.3) is 0 Å². The Bertz CT molecular complexity index is 578. The van der Waals surface area contributed by atoms with E-state index in [0.29, 0.717) is 38.5 Å². The Balaban J connectivity index is 1.90. The van der Waals surface area contributed by atoms with Gasteiger partial charge in [0.05, 0.1) is 5.66 Å². The van der Waals surface area contributed by atoms with Gasteiger partial charge in [-0.2, -0.15) is 26.3 Å². The van der Waals surface area contributed by atoms with Crippen LogP contribution in [0.25, 0.3) is 0 Å². The van der Waals surface area contributed by atoms with Crippen molar-refractivity contribution in [3.05, 3.63) is 0 Å². The highest BCUT2D eigenvalue weighted by Crippen LogP contribution is 2.63. The highest BCUT2D eigenvalue weighted by atomic mass is 31.2. The summed E-state index contributed by atoms with van der Waals surface area (Å²) in [6, 6.07) is 0. The highest BCUT2D eigenvalue weighted by Gasteiger charge is 2.56. The summed E-state index contributed by atoms with van der Waals surface area (Å²) in [7, 11) is -4.67. The van der Waals surface area contributed by atoms with Crippen LogP contribution < -0.4 is 0 Å². The third kappa shape index (κ3) is 6.88. The van der Waals surface area contributed by atoms with Gasteiger partial charge in [-0.25, -0.2) is 0 Å². The largest absolute Gasteiger partial charge is 0.415 e. The smallest absolute Gasteiger partial charge is 0.295 e. The van der Waals surface area contributed by atoms with Crippen molar-refractivity contribution in [2.24, 2.45) is 11.8 Å². The third-order valence-electron chi connectivity index (χ3n) is 7.34. The van der Waals surface area contributed by atoms with Crippen LogP contribution in [0.2, 0.25) is 0 Å². The molecule has 0 aliphatic heterocycles. The lowest BCUT2D eigenvalue weighted by Crippen LogP contribution is -2.43. The molecule has 3 fully saturated rings. The molecule has 188 valence electrons. The summed E-state index contributed by atoms with van der Waals surface area (Å²) in [5, 5.41) is 0. The quantitative estimate of drug-likeness (QED) is 0.264. The zero-order chi connectivity index (χ0) is 23.4. The number of hydrogen-bond donors (Lipinski definition) is 0. The van der Waals surface area contributed by atoms with E-state index in [9.17, 15) is 30.9 Å². The molecule has 0 spiro atoms. The van der Waals surface area contributed by atoms with Crippen molar-refractivity contribution >= 4 is 7.60 Å². The molecule has 3 aliphatic carbocycles. The fraction of sp³-hybridized carbons (Fsp3) is 1.00. The summed E-state index contributed by atoms with van der Waals surface area (Å²) >= 11 is 0. The van der Waals surface area contributed by atoms with Gasteiger partial charge in [0.15, 0.2) is 12.2 Å². The van der Waals surface area contributed by atoms with E-state index in [1.54, 1.807) is 0 Å². The molecule has 0 bridgehead atoms. The van der Waals surface area contributed by atoms with Crippen LogP contribution in [0.15, 0.2) is 0 Å². The van der Waals surface area contributed by atoms with Gasteiger partial charge in [-0.15, -0.1) is 0 Å². The topological polar surface area (TPSA) is 35.5 Å². The van der Waals surface area contributed by atoms with Gasteiger partial charge in [0, 0.05) is 0 Å². The van der Waals surface area contributed by atoms with E-state index in [-0.39, 0.29) is 38.5 Å². The molecule has 3 saturated carbocycles. The lowest BCUT2D eigenvalue weighted by Gasteiger charge is -2.40. The van der Waals surface area contributed by atoms with Crippen LogP contribution in [0.4, 0.5) is 26.3 Å². The maximum atomic E-state index is 14.0. The monoisotopic (exact) mass is 492 g/mol. The van der Waals surface area contributed by atoms with Crippen LogP contribution in [0.1, 0.15) is 96.3 Å². The summed E-state index contributed by atoms with van der Waals surface area (Å²) in [6.45, 7) is 0. The summed E-state index contributed by atoms with van der Waals surface area (Å²) in [4.78, 5) is 0. The van der Waals surface area contributed by atoms with Gasteiger partial charge in [-0.3, -0.25) is 13.6 Å². The second-order valence-corrected chi connectivity index (χ2v) is 12.0. The van der Waals surface area contributed by atoms with Crippen molar-refractivity contribution in [3.63, 3.8) is 0 Å². The van der Waals surface area contributed by atoms with Crippen molar-refractivity contribution in [3.8, 4) is 0 Å². The molecule has 0 aromatic rings. The second-order valence-electron chi connectivity index (χ2n) is 9.76. The predicted molar refractivity (Wildman–Crippen MR) is 109 cm³/mol. The van der Waals surface area contributed by atoms with E-state index in [2.05, 4.69) is 0 Å². The van der Waals surface area contributed by atoms with Crippen molar-refractivity contribution in [2.45, 2.75) is 127 Å². The van der Waals surface area contributed by atoms with E-state index in [0.717, 1.165) is 19.3 Å². The minimum absolute atomic E-state index is 0.264. The van der Waals surface area contributed by atoms with Gasteiger partial charge >= 0.3 is 19.9 Å². The Hall–Kier alpha value is -0.270. The van der Waals surface area contributed by atoms with Gasteiger partial charge < -0.3 is 0 Å². The lowest BCUT2D eigenvalue weighted by atomic mass is 9.85. The zero-order valence-corrected chi connectivity index (χ0v) is 19.3. The summed E-state index contributed by atoms with van der Waals surface area (Å²) in [5.74, 6) is -1.80. The van der Waals surface area contributed by atoms with Gasteiger partial charge in [0.2, 0.25) is 0 Å². The molecule has 0 radical (unpaired) electrons. The molecule has 3 rings (SSSR count). The molecule has 10 heteroatoms. The van der Waals surface area contributed by atoms with Crippen molar-refractivity contribution in [1.29, 1.82) is 0 Å². The normalized spacial score (nSPS) is 27.1. The van der Waals surface area contributed by atoms with Crippen LogP contribution in [-0.4, -0.2) is 30.2 Å². The molecule has 0 heterocycles. The van der Waals surface area contributed by atoms with Crippen molar-refractivity contribution < 1.29 is 40.0 Å². The Morgan fingerprint density at radius 1 is 0.562 bits per heavy atom. The van der Waals surface area contributed by atoms with Crippen LogP contribution in [0.5, 0.6) is 0 Å². The molecule has 0 amide bonds. The summed E-state index contributed by atoms with van der Waals surface area (Å²) in [5.41, 5.74) is -0.918. The van der Waals surface area contributed by atoms with Crippen LogP contribution in [-0.2, 0) is 13.6 Å². The van der Waals surface area contributed by atoms with E-state index < -0.39 is 49.7 Å². The predicted octanol–water partition coefficient (Wildman–Crippen LogP) is 8.57. The fourth-order valence-corrected chi connectivity index (χ4v) is 8.22. The number of alkyl halides is 6. The minimum atomic E-state index is -4.81. The zero-order valence-electron chi connectivity index (χ0n) is 18.4. The van der Waals surface area contributed by atoms with E-state index >= 15 is 0 Å². The number of rotatable bonds is 7. The molecule has 2 atom stereocenters. The molecule has 0 N–H and O–H groups in total. The first kappa shape index (κ1) is 26.3. The van der Waals surface area contributed by atoms with Crippen molar-refractivity contribution in [1.82, 2.24) is 0 Å². The van der Waals surface area contributed by atoms with E-state index in [4.69, 9.17) is 9.05 Å². The van der Waals surface area contributed by atoms with E-state index in [1.165, 1.54) is 0 Å². The molecule has 3 aliphatic rings. The molecule has 0 aromatic carbocycles. The van der Waals surface area contributed by atoms with Gasteiger partial charge in [-0.1, -0.05) is 57.8 Å². The van der Waals surface area contributed by atoms with Crippen LogP contribution in [0, 0.1) is 11.8 Å². The maximum Gasteiger partial charge on any atom is 0.415 e.